The number of nitrogens with zero attached hydrogens (tertiary/aromatic N) is 1. The zero-order chi connectivity index (χ0) is 30.9. The van der Waals surface area contributed by atoms with Gasteiger partial charge in [-0.25, -0.2) is 0 Å². The van der Waals surface area contributed by atoms with E-state index in [1.165, 1.54) is 89.9 Å². The zero-order valence-corrected chi connectivity index (χ0v) is 29.3. The first-order chi connectivity index (χ1) is 20.1. The minimum absolute atomic E-state index is 0. The van der Waals surface area contributed by atoms with Crippen LogP contribution in [0.3, 0.4) is 0 Å². The fourth-order valence-corrected chi connectivity index (χ4v) is 6.80. The molecule has 6 saturated heterocycles. The number of nitrogens with one attached hydrogen (secondary N) is 1. The number of likely N-dealkylation sites (N-methyl/N-ethyl adjacent to an activating group) is 1. The second-order valence-corrected chi connectivity index (χ2v) is 11.7. The second kappa shape index (κ2) is 29.1. The van der Waals surface area contributed by atoms with Crippen LogP contribution in [-0.2, 0) is 14.3 Å². The van der Waals surface area contributed by atoms with Crippen LogP contribution in [0, 0.1) is 0 Å². The van der Waals surface area contributed by atoms with Crippen molar-refractivity contribution in [2.45, 2.75) is 222 Å². The fourth-order valence-electron chi connectivity index (χ4n) is 6.80. The van der Waals surface area contributed by atoms with Crippen LogP contribution in [0.4, 0.5) is 0 Å². The molecule has 0 spiro atoms. The lowest BCUT2D eigenvalue weighted by Crippen LogP contribution is -2.53. The molecule has 6 aliphatic heterocycles. The van der Waals surface area contributed by atoms with Crippen LogP contribution in [0.2, 0.25) is 0 Å². The molecule has 0 radical (unpaired) electrons. The van der Waals surface area contributed by atoms with Gasteiger partial charge in [-0.15, -0.1) is 0 Å². The van der Waals surface area contributed by atoms with Gasteiger partial charge >= 0.3 is 5.97 Å². The van der Waals surface area contributed by atoms with Crippen LogP contribution in [0.15, 0.2) is 0 Å². The van der Waals surface area contributed by atoms with Crippen LogP contribution >= 0.6 is 0 Å². The topological polar surface area (TPSA) is 50.8 Å². The molecule has 42 heavy (non-hydrogen) atoms. The van der Waals surface area contributed by atoms with Crippen molar-refractivity contribution < 1.29 is 14.3 Å². The molecule has 5 heteroatoms. The number of hydrogen-bond acceptors (Lipinski definition) is 5. The highest BCUT2D eigenvalue weighted by molar-refractivity contribution is 5.69. The molecular weight excluding hydrogens is 520 g/mol. The number of esters is 1. The predicted molar refractivity (Wildman–Crippen MR) is 186 cm³/mol. The number of carbonyl (C=O) groups excluding carboxylic acids is 1. The molecule has 0 amide bonds. The second-order valence-electron chi connectivity index (χ2n) is 11.7. The van der Waals surface area contributed by atoms with Crippen LogP contribution < -0.4 is 5.32 Å². The third kappa shape index (κ3) is 17.6. The van der Waals surface area contributed by atoms with E-state index < -0.39 is 0 Å². The first-order valence-corrected chi connectivity index (χ1v) is 18.4. The van der Waals surface area contributed by atoms with E-state index in [2.05, 4.69) is 31.0 Å². The van der Waals surface area contributed by atoms with E-state index in [1.807, 2.05) is 41.5 Å². The zero-order valence-electron chi connectivity index (χ0n) is 29.3. The molecule has 6 atom stereocenters. The third-order valence-corrected chi connectivity index (χ3v) is 9.02. The maximum atomic E-state index is 12.5. The Morgan fingerprint density at radius 2 is 1.24 bits per heavy atom. The monoisotopic (exact) mass is 599 g/mol. The van der Waals surface area contributed by atoms with Crippen molar-refractivity contribution in [1.29, 1.82) is 0 Å². The molecule has 5 nitrogen and oxygen atoms in total. The standard InChI is InChI=1S/C30H56N2O3.3C2H6.CH4/c1-4-32-25(3)29-22-20-27(32)17-13-9-5-6-11-15-23-34-28-21-19-26(31-24(28)2)16-12-8-7-10-14-18-30(33)35-29;3*1-2;/h24-29,31H,4-23H2,1-3H3;3*1-2H3;1H4/t24-,25-,26+,27+,28-,29-;;;;/m0..../s1. The summed E-state index contributed by atoms with van der Waals surface area (Å²) in [5.41, 5.74) is 0. The van der Waals surface area contributed by atoms with E-state index in [4.69, 9.17) is 9.47 Å². The van der Waals surface area contributed by atoms with Crippen molar-refractivity contribution in [3.8, 4) is 0 Å². The van der Waals surface area contributed by atoms with Crippen molar-refractivity contribution in [2.75, 3.05) is 13.2 Å². The van der Waals surface area contributed by atoms with Gasteiger partial charge in [-0.3, -0.25) is 9.69 Å². The molecule has 0 aromatic rings. The van der Waals surface area contributed by atoms with Crippen molar-refractivity contribution in [3.63, 3.8) is 0 Å². The Morgan fingerprint density at radius 1 is 0.690 bits per heavy atom. The van der Waals surface area contributed by atoms with Gasteiger partial charge in [0.1, 0.15) is 6.10 Å². The molecule has 254 valence electrons. The molecule has 6 heterocycles. The average molecular weight is 599 g/mol. The minimum Gasteiger partial charge on any atom is -0.461 e. The van der Waals surface area contributed by atoms with Crippen molar-refractivity contribution in [3.05, 3.63) is 0 Å². The lowest BCUT2D eigenvalue weighted by Gasteiger charge is -2.44. The highest BCUT2D eigenvalue weighted by atomic mass is 16.5. The summed E-state index contributed by atoms with van der Waals surface area (Å²) in [6, 6.07) is 2.12. The van der Waals surface area contributed by atoms with Gasteiger partial charge in [-0.05, 0) is 71.8 Å². The molecule has 6 rings (SSSR count). The Bertz CT molecular complexity index is 587. The maximum Gasteiger partial charge on any atom is 0.306 e. The number of rotatable bonds is 1. The van der Waals surface area contributed by atoms with E-state index in [0.717, 1.165) is 32.4 Å². The van der Waals surface area contributed by atoms with E-state index in [9.17, 15) is 4.79 Å². The van der Waals surface area contributed by atoms with Crippen molar-refractivity contribution in [1.82, 2.24) is 10.2 Å². The summed E-state index contributed by atoms with van der Waals surface area (Å²) in [5, 5.41) is 3.82. The highest BCUT2D eigenvalue weighted by Crippen LogP contribution is 2.29. The molecule has 0 aromatic carbocycles. The molecule has 0 unspecified atom stereocenters. The van der Waals surface area contributed by atoms with Gasteiger partial charge in [0.05, 0.1) is 6.10 Å². The quantitative estimate of drug-likeness (QED) is 0.304. The molecule has 4 bridgehead atoms. The SMILES string of the molecule is C.CC.CC.CC.CCN1[C@@H]2CCCCCCCCO[C@H]3CC[C@@H](CCCCCCCC(=O)O[C@@H](CC2)[C@@H]1C)N[C@H]3C. The average Bonchev–Trinajstić information content (AvgIpc) is 3.00. The Morgan fingerprint density at radius 3 is 1.86 bits per heavy atom. The largest absolute Gasteiger partial charge is 0.461 e. The summed E-state index contributed by atoms with van der Waals surface area (Å²) in [7, 11) is 0. The van der Waals surface area contributed by atoms with Crippen LogP contribution in [-0.4, -0.2) is 60.4 Å². The number of piperidine rings is 2. The molecular formula is C37H78N2O3. The van der Waals surface area contributed by atoms with Crippen LogP contribution in [0.1, 0.15) is 185 Å². The summed E-state index contributed by atoms with van der Waals surface area (Å²) in [6.07, 6.45) is 22.0. The van der Waals surface area contributed by atoms with Gasteiger partial charge < -0.3 is 14.8 Å². The highest BCUT2D eigenvalue weighted by Gasteiger charge is 2.35. The number of ether oxygens (including phenoxy) is 2. The number of carbonyl (C=O) groups is 1. The molecule has 6 fully saturated rings. The molecule has 0 saturated carbocycles. The lowest BCUT2D eigenvalue weighted by atomic mass is 9.90. The Balaban J connectivity index is 0. The van der Waals surface area contributed by atoms with Gasteiger partial charge in [-0.2, -0.15) is 0 Å². The van der Waals surface area contributed by atoms with Gasteiger partial charge in [0, 0.05) is 37.2 Å². The minimum atomic E-state index is 0. The normalized spacial score (nSPS) is 30.9. The first-order valence-electron chi connectivity index (χ1n) is 18.4. The van der Waals surface area contributed by atoms with Crippen LogP contribution in [0.25, 0.3) is 0 Å². The maximum absolute atomic E-state index is 12.5. The first kappa shape index (κ1) is 43.5. The van der Waals surface area contributed by atoms with Crippen molar-refractivity contribution in [2.24, 2.45) is 0 Å². The van der Waals surface area contributed by atoms with Crippen molar-refractivity contribution >= 4 is 5.97 Å². The van der Waals surface area contributed by atoms with E-state index >= 15 is 0 Å². The van der Waals surface area contributed by atoms with Gasteiger partial charge in [0.2, 0.25) is 0 Å². The summed E-state index contributed by atoms with van der Waals surface area (Å²) >= 11 is 0. The third-order valence-electron chi connectivity index (χ3n) is 9.02. The summed E-state index contributed by atoms with van der Waals surface area (Å²) in [6.45, 7) is 20.8. The molecule has 0 aromatic heterocycles. The Kier molecular flexibility index (Phi) is 30.1. The molecule has 0 aliphatic carbocycles. The van der Waals surface area contributed by atoms with Crippen LogP contribution in [0.5, 0.6) is 0 Å². The Hall–Kier alpha value is -0.650. The summed E-state index contributed by atoms with van der Waals surface area (Å²) in [5.74, 6) is 0.0231. The van der Waals surface area contributed by atoms with Gasteiger partial charge in [-0.1, -0.05) is 114 Å². The molecule has 1 N–H and O–H groups in total. The lowest BCUT2D eigenvalue weighted by molar-refractivity contribution is -0.156. The summed E-state index contributed by atoms with van der Waals surface area (Å²) in [4.78, 5) is 15.1. The van der Waals surface area contributed by atoms with E-state index in [1.54, 1.807) is 0 Å². The smallest absolute Gasteiger partial charge is 0.306 e. The van der Waals surface area contributed by atoms with Gasteiger partial charge in [0.25, 0.3) is 0 Å². The fraction of sp³-hybridized carbons (Fsp3) is 0.973. The Labute approximate surface area is 265 Å². The van der Waals surface area contributed by atoms with E-state index in [-0.39, 0.29) is 19.5 Å². The van der Waals surface area contributed by atoms with E-state index in [0.29, 0.717) is 36.7 Å². The predicted octanol–water partition coefficient (Wildman–Crippen LogP) is 10.5. The summed E-state index contributed by atoms with van der Waals surface area (Å²) < 4.78 is 12.3. The number of hydrogen-bond donors (Lipinski definition) is 1. The van der Waals surface area contributed by atoms with Gasteiger partial charge in [0.15, 0.2) is 0 Å². The molecule has 6 aliphatic rings.